The second kappa shape index (κ2) is 8.14. The molecular formula is C21H20N2O3S. The number of thiazole rings is 1. The van der Waals surface area contributed by atoms with Crippen molar-refractivity contribution in [1.29, 1.82) is 0 Å². The molecule has 1 amide bonds. The number of esters is 1. The Morgan fingerprint density at radius 1 is 1.19 bits per heavy atom. The van der Waals surface area contributed by atoms with Crippen molar-refractivity contribution < 1.29 is 14.3 Å². The van der Waals surface area contributed by atoms with Crippen LogP contribution in [0.1, 0.15) is 16.7 Å². The lowest BCUT2D eigenvalue weighted by molar-refractivity contribution is -0.141. The molecule has 27 heavy (non-hydrogen) atoms. The summed E-state index contributed by atoms with van der Waals surface area (Å²) in [7, 11) is 1.35. The van der Waals surface area contributed by atoms with E-state index in [1.165, 1.54) is 24.5 Å². The highest BCUT2D eigenvalue weighted by Crippen LogP contribution is 2.23. The zero-order chi connectivity index (χ0) is 19.4. The Balaban J connectivity index is 2.06. The average molecular weight is 380 g/mol. The number of methoxy groups -OCH3 is 1. The molecule has 2 aromatic carbocycles. The number of hydrogen-bond acceptors (Lipinski definition) is 4. The van der Waals surface area contributed by atoms with E-state index in [0.29, 0.717) is 4.80 Å². The lowest BCUT2D eigenvalue weighted by atomic mass is 10.1. The van der Waals surface area contributed by atoms with E-state index in [1.807, 2.05) is 56.3 Å². The van der Waals surface area contributed by atoms with Gasteiger partial charge in [-0.2, -0.15) is 4.99 Å². The van der Waals surface area contributed by atoms with Crippen LogP contribution in [-0.4, -0.2) is 23.6 Å². The van der Waals surface area contributed by atoms with Crippen LogP contribution in [0.2, 0.25) is 0 Å². The normalized spacial score (nSPS) is 12.0. The van der Waals surface area contributed by atoms with Crippen LogP contribution in [0.5, 0.6) is 0 Å². The summed E-state index contributed by atoms with van der Waals surface area (Å²) in [5, 5.41) is 0. The molecule has 0 N–H and O–H groups in total. The van der Waals surface area contributed by atoms with Crippen LogP contribution in [0.3, 0.4) is 0 Å². The Kier molecular flexibility index (Phi) is 5.66. The van der Waals surface area contributed by atoms with Crippen LogP contribution in [0, 0.1) is 13.8 Å². The first-order valence-electron chi connectivity index (χ1n) is 8.47. The van der Waals surface area contributed by atoms with Gasteiger partial charge in [0.25, 0.3) is 5.91 Å². The molecule has 0 spiro atoms. The van der Waals surface area contributed by atoms with E-state index in [1.54, 1.807) is 10.6 Å². The minimum absolute atomic E-state index is 0.00884. The topological polar surface area (TPSA) is 60.7 Å². The van der Waals surface area contributed by atoms with Gasteiger partial charge in [-0.05, 0) is 42.7 Å². The van der Waals surface area contributed by atoms with Crippen LogP contribution >= 0.6 is 11.3 Å². The van der Waals surface area contributed by atoms with Gasteiger partial charge in [0.1, 0.15) is 6.54 Å². The van der Waals surface area contributed by atoms with Crippen molar-refractivity contribution in [2.24, 2.45) is 4.99 Å². The number of nitrogens with zero attached hydrogens (tertiary/aromatic N) is 2. The third-order valence-corrected chi connectivity index (χ3v) is 5.08. The fraction of sp³-hybridized carbons (Fsp3) is 0.190. The lowest BCUT2D eigenvalue weighted by Crippen LogP contribution is -2.22. The van der Waals surface area contributed by atoms with Gasteiger partial charge >= 0.3 is 5.97 Å². The number of carbonyl (C=O) groups excluding carboxylic acids is 2. The smallest absolute Gasteiger partial charge is 0.325 e. The molecule has 5 nitrogen and oxygen atoms in total. The molecule has 0 radical (unpaired) electrons. The molecule has 6 heteroatoms. The van der Waals surface area contributed by atoms with Gasteiger partial charge in [-0.3, -0.25) is 9.59 Å². The summed E-state index contributed by atoms with van der Waals surface area (Å²) in [6, 6.07) is 13.6. The summed E-state index contributed by atoms with van der Waals surface area (Å²) in [4.78, 5) is 28.9. The summed E-state index contributed by atoms with van der Waals surface area (Å²) in [5.41, 5.74) is 3.97. The third-order valence-electron chi connectivity index (χ3n) is 4.05. The molecule has 0 aliphatic heterocycles. The van der Waals surface area contributed by atoms with Crippen molar-refractivity contribution in [2.45, 2.75) is 20.4 Å². The Hall–Kier alpha value is -2.99. The number of aryl methyl sites for hydroxylation is 2. The largest absolute Gasteiger partial charge is 0.468 e. The standard InChI is InChI=1S/C21H20N2O3S/c1-14-11-15(2)20-17(12-14)27-21(23(20)13-19(25)26-3)22-18(24)10-9-16-7-5-4-6-8-16/h4-12H,13H2,1-3H3. The van der Waals surface area contributed by atoms with Crippen LogP contribution < -0.4 is 4.80 Å². The van der Waals surface area contributed by atoms with E-state index in [2.05, 4.69) is 4.99 Å². The molecule has 3 aromatic rings. The van der Waals surface area contributed by atoms with Crippen molar-refractivity contribution in [2.75, 3.05) is 7.11 Å². The van der Waals surface area contributed by atoms with Gasteiger partial charge in [-0.15, -0.1) is 0 Å². The van der Waals surface area contributed by atoms with Crippen molar-refractivity contribution >= 4 is 39.5 Å². The number of rotatable bonds is 4. The maximum absolute atomic E-state index is 12.3. The maximum atomic E-state index is 12.3. The summed E-state index contributed by atoms with van der Waals surface area (Å²) in [6.45, 7) is 4.01. The number of aromatic nitrogens is 1. The van der Waals surface area contributed by atoms with Gasteiger partial charge in [0.15, 0.2) is 4.80 Å². The number of benzene rings is 2. The number of fused-ring (bicyclic) bond motifs is 1. The monoisotopic (exact) mass is 380 g/mol. The summed E-state index contributed by atoms with van der Waals surface area (Å²) in [6.07, 6.45) is 3.15. The predicted molar refractivity (Wildman–Crippen MR) is 107 cm³/mol. The molecular weight excluding hydrogens is 360 g/mol. The van der Waals surface area contributed by atoms with Crippen LogP contribution in [-0.2, 0) is 20.9 Å². The van der Waals surface area contributed by atoms with Crippen LogP contribution in [0.25, 0.3) is 16.3 Å². The quantitative estimate of drug-likeness (QED) is 0.513. The molecule has 1 heterocycles. The van der Waals surface area contributed by atoms with Crippen molar-refractivity contribution in [3.8, 4) is 0 Å². The second-order valence-corrected chi connectivity index (χ2v) is 7.18. The number of ether oxygens (including phenoxy) is 1. The SMILES string of the molecule is COC(=O)Cn1c(=NC(=O)C=Cc2ccccc2)sc2cc(C)cc(C)c21. The van der Waals surface area contributed by atoms with Gasteiger partial charge in [-0.25, -0.2) is 0 Å². The first kappa shape index (κ1) is 18.8. The number of amides is 1. The minimum atomic E-state index is -0.386. The molecule has 0 saturated carbocycles. The minimum Gasteiger partial charge on any atom is -0.468 e. The molecule has 0 bridgehead atoms. The highest BCUT2D eigenvalue weighted by atomic mass is 32.1. The van der Waals surface area contributed by atoms with Crippen LogP contribution in [0.4, 0.5) is 0 Å². The summed E-state index contributed by atoms with van der Waals surface area (Å²) in [5.74, 6) is -0.762. The molecule has 138 valence electrons. The fourth-order valence-electron chi connectivity index (χ4n) is 2.88. The first-order chi connectivity index (χ1) is 13.0. The first-order valence-corrected chi connectivity index (χ1v) is 9.29. The summed E-state index contributed by atoms with van der Waals surface area (Å²) < 4.78 is 7.53. The van der Waals surface area contributed by atoms with Crippen molar-refractivity contribution in [1.82, 2.24) is 4.57 Å². The molecule has 0 atom stereocenters. The third kappa shape index (κ3) is 4.41. The van der Waals surface area contributed by atoms with E-state index < -0.39 is 0 Å². The Bertz CT molecular complexity index is 1090. The van der Waals surface area contributed by atoms with Gasteiger partial charge in [-0.1, -0.05) is 47.7 Å². The zero-order valence-corrected chi connectivity index (χ0v) is 16.2. The highest BCUT2D eigenvalue weighted by molar-refractivity contribution is 7.16. The Morgan fingerprint density at radius 3 is 2.63 bits per heavy atom. The lowest BCUT2D eigenvalue weighted by Gasteiger charge is -2.06. The van der Waals surface area contributed by atoms with E-state index in [-0.39, 0.29) is 18.4 Å². The van der Waals surface area contributed by atoms with E-state index in [9.17, 15) is 9.59 Å². The molecule has 0 unspecified atom stereocenters. The number of carbonyl (C=O) groups is 2. The van der Waals surface area contributed by atoms with E-state index >= 15 is 0 Å². The van der Waals surface area contributed by atoms with Crippen LogP contribution in [0.15, 0.2) is 53.5 Å². The molecule has 0 saturated heterocycles. The van der Waals surface area contributed by atoms with Gasteiger partial charge in [0, 0.05) is 6.08 Å². The van der Waals surface area contributed by atoms with Gasteiger partial charge in [0.05, 0.1) is 17.3 Å². The molecule has 0 aliphatic rings. The van der Waals surface area contributed by atoms with Crippen molar-refractivity contribution in [3.05, 3.63) is 70.0 Å². The average Bonchev–Trinajstić information content (AvgIpc) is 2.97. The Morgan fingerprint density at radius 2 is 1.93 bits per heavy atom. The molecule has 0 fully saturated rings. The zero-order valence-electron chi connectivity index (χ0n) is 15.4. The molecule has 1 aromatic heterocycles. The van der Waals surface area contributed by atoms with Gasteiger partial charge < -0.3 is 9.30 Å². The second-order valence-electron chi connectivity index (χ2n) is 6.17. The summed E-state index contributed by atoms with van der Waals surface area (Å²) >= 11 is 1.39. The predicted octanol–water partition coefficient (Wildman–Crippen LogP) is 3.63. The van der Waals surface area contributed by atoms with Crippen molar-refractivity contribution in [3.63, 3.8) is 0 Å². The highest BCUT2D eigenvalue weighted by Gasteiger charge is 2.13. The number of hydrogen-bond donors (Lipinski definition) is 0. The van der Waals surface area contributed by atoms with Gasteiger partial charge in [0.2, 0.25) is 0 Å². The maximum Gasteiger partial charge on any atom is 0.325 e. The fourth-order valence-corrected chi connectivity index (χ4v) is 4.09. The Labute approximate surface area is 161 Å². The van der Waals surface area contributed by atoms with E-state index in [4.69, 9.17) is 4.74 Å². The molecule has 0 aliphatic carbocycles. The van der Waals surface area contributed by atoms with E-state index in [0.717, 1.165) is 26.9 Å². The molecule has 3 rings (SSSR count).